The number of carbonyl (C=O) groups excluding carboxylic acids is 2. The van der Waals surface area contributed by atoms with Gasteiger partial charge in [-0.15, -0.1) is 0 Å². The molecule has 2 aliphatic heterocycles. The minimum Gasteiger partial charge on any atom is -0.497 e. The SMILES string of the molecule is CCOC(=O)C1=C(c2ccccc2)N=C2SC=C(CC(=O)N[C@H](C)CC)N2[C@H]1c1ccc(OC)cc1OC. The number of amidine groups is 1. The number of esters is 1. The molecule has 1 N–H and O–H groups in total. The first-order valence-electron chi connectivity index (χ1n) is 12.6. The number of hydrogen-bond acceptors (Lipinski definition) is 8. The van der Waals surface area contributed by atoms with Gasteiger partial charge in [-0.1, -0.05) is 49.0 Å². The van der Waals surface area contributed by atoms with Crippen molar-refractivity contribution in [2.24, 2.45) is 4.99 Å². The molecule has 0 spiro atoms. The zero-order chi connectivity index (χ0) is 27.2. The van der Waals surface area contributed by atoms with Gasteiger partial charge < -0.3 is 24.4 Å². The van der Waals surface area contributed by atoms with Crippen LogP contribution >= 0.6 is 11.8 Å². The summed E-state index contributed by atoms with van der Waals surface area (Å²) in [4.78, 5) is 33.4. The zero-order valence-corrected chi connectivity index (χ0v) is 23.1. The molecule has 0 aliphatic carbocycles. The van der Waals surface area contributed by atoms with Gasteiger partial charge in [0.05, 0.1) is 44.6 Å². The molecule has 1 amide bonds. The molecule has 0 radical (unpaired) electrons. The second kappa shape index (κ2) is 12.2. The van der Waals surface area contributed by atoms with Crippen LogP contribution in [0.4, 0.5) is 0 Å². The number of nitrogens with one attached hydrogen (secondary N) is 1. The highest BCUT2D eigenvalue weighted by atomic mass is 32.2. The minimum absolute atomic E-state index is 0.0591. The van der Waals surface area contributed by atoms with E-state index in [1.807, 2.05) is 66.6 Å². The second-order valence-electron chi connectivity index (χ2n) is 8.90. The molecule has 0 aromatic heterocycles. The fourth-order valence-electron chi connectivity index (χ4n) is 4.42. The van der Waals surface area contributed by atoms with Crippen LogP contribution in [0.1, 0.15) is 50.8 Å². The molecule has 2 atom stereocenters. The molecular formula is C29H33N3O5S. The average molecular weight is 536 g/mol. The predicted octanol–water partition coefficient (Wildman–Crippen LogP) is 5.28. The Labute approximate surface area is 227 Å². The van der Waals surface area contributed by atoms with E-state index in [2.05, 4.69) is 5.32 Å². The topological polar surface area (TPSA) is 89.5 Å². The second-order valence-corrected chi connectivity index (χ2v) is 9.74. The predicted molar refractivity (Wildman–Crippen MR) is 150 cm³/mol. The number of methoxy groups -OCH3 is 2. The van der Waals surface area contributed by atoms with Crippen LogP contribution in [0.25, 0.3) is 5.70 Å². The van der Waals surface area contributed by atoms with E-state index in [1.165, 1.54) is 11.8 Å². The van der Waals surface area contributed by atoms with Crippen molar-refractivity contribution < 1.29 is 23.8 Å². The van der Waals surface area contributed by atoms with Crippen LogP contribution in [0.2, 0.25) is 0 Å². The summed E-state index contributed by atoms with van der Waals surface area (Å²) >= 11 is 1.43. The Morgan fingerprint density at radius 3 is 2.53 bits per heavy atom. The molecule has 9 heteroatoms. The molecule has 200 valence electrons. The highest BCUT2D eigenvalue weighted by Crippen LogP contribution is 2.49. The largest absolute Gasteiger partial charge is 0.497 e. The molecule has 2 heterocycles. The molecule has 38 heavy (non-hydrogen) atoms. The Kier molecular flexibility index (Phi) is 8.78. The van der Waals surface area contributed by atoms with E-state index in [-0.39, 0.29) is 25.0 Å². The molecule has 0 bridgehead atoms. The number of thioether (sulfide) groups is 1. The Morgan fingerprint density at radius 1 is 1.11 bits per heavy atom. The van der Waals surface area contributed by atoms with E-state index in [0.717, 1.165) is 23.2 Å². The van der Waals surface area contributed by atoms with Crippen LogP contribution in [-0.2, 0) is 14.3 Å². The quantitative estimate of drug-likeness (QED) is 0.414. The summed E-state index contributed by atoms with van der Waals surface area (Å²) in [6.07, 6.45) is 0.972. The summed E-state index contributed by atoms with van der Waals surface area (Å²) in [6.45, 7) is 5.99. The van der Waals surface area contributed by atoms with Crippen molar-refractivity contribution in [3.8, 4) is 11.5 Å². The van der Waals surface area contributed by atoms with Crippen LogP contribution in [0, 0.1) is 0 Å². The lowest BCUT2D eigenvalue weighted by atomic mass is 9.90. The third kappa shape index (κ3) is 5.57. The molecule has 0 unspecified atom stereocenters. The monoisotopic (exact) mass is 535 g/mol. The number of aliphatic imine (C=N–C) groups is 1. The summed E-state index contributed by atoms with van der Waals surface area (Å²) < 4.78 is 16.8. The van der Waals surface area contributed by atoms with E-state index in [9.17, 15) is 9.59 Å². The number of fused-ring (bicyclic) bond motifs is 1. The van der Waals surface area contributed by atoms with Crippen molar-refractivity contribution in [3.63, 3.8) is 0 Å². The molecule has 8 nitrogen and oxygen atoms in total. The average Bonchev–Trinajstić information content (AvgIpc) is 3.34. The third-order valence-corrected chi connectivity index (χ3v) is 7.34. The van der Waals surface area contributed by atoms with Gasteiger partial charge in [0.25, 0.3) is 0 Å². The number of ether oxygens (including phenoxy) is 3. The number of carbonyl (C=O) groups is 2. The molecule has 0 saturated carbocycles. The van der Waals surface area contributed by atoms with Crippen molar-refractivity contribution >= 4 is 34.5 Å². The van der Waals surface area contributed by atoms with Gasteiger partial charge in [-0.25, -0.2) is 9.79 Å². The van der Waals surface area contributed by atoms with E-state index in [0.29, 0.717) is 27.9 Å². The Bertz CT molecular complexity index is 1290. The van der Waals surface area contributed by atoms with Crippen LogP contribution in [0.5, 0.6) is 11.5 Å². The Hall–Kier alpha value is -3.72. The standard InChI is InChI=1S/C29H33N3O5S/c1-6-18(3)30-24(33)15-20-17-38-29-31-26(19-11-9-8-10-12-19)25(28(34)37-7-2)27(32(20)29)22-14-13-21(35-4)16-23(22)36-5/h8-14,16-18,27H,6-7,15H2,1-5H3,(H,30,33)/t18-,27+/m1/s1. The van der Waals surface area contributed by atoms with E-state index in [1.54, 1.807) is 27.2 Å². The van der Waals surface area contributed by atoms with Crippen molar-refractivity contribution in [1.82, 2.24) is 10.2 Å². The summed E-state index contributed by atoms with van der Waals surface area (Å²) in [5.74, 6) is 0.602. The van der Waals surface area contributed by atoms with Crippen LogP contribution in [0.3, 0.4) is 0 Å². The van der Waals surface area contributed by atoms with Gasteiger partial charge in [-0.05, 0) is 37.8 Å². The number of nitrogens with zero attached hydrogens (tertiary/aromatic N) is 2. The van der Waals surface area contributed by atoms with Crippen molar-refractivity contribution in [1.29, 1.82) is 0 Å². The molecule has 2 aliphatic rings. The molecule has 2 aromatic carbocycles. The van der Waals surface area contributed by atoms with Crippen molar-refractivity contribution in [2.45, 2.75) is 45.7 Å². The lowest BCUT2D eigenvalue weighted by Crippen LogP contribution is -2.39. The third-order valence-electron chi connectivity index (χ3n) is 6.45. The normalized spacial score (nSPS) is 17.3. The Morgan fingerprint density at radius 2 is 1.87 bits per heavy atom. The van der Waals surface area contributed by atoms with Crippen LogP contribution in [0.15, 0.2) is 70.2 Å². The lowest BCUT2D eigenvalue weighted by Gasteiger charge is -2.37. The first-order valence-corrected chi connectivity index (χ1v) is 13.5. The maximum atomic E-state index is 13.6. The smallest absolute Gasteiger partial charge is 0.338 e. The zero-order valence-electron chi connectivity index (χ0n) is 22.3. The van der Waals surface area contributed by atoms with Gasteiger partial charge in [0.1, 0.15) is 11.5 Å². The van der Waals surface area contributed by atoms with Gasteiger partial charge in [0.15, 0.2) is 5.17 Å². The highest BCUT2D eigenvalue weighted by molar-refractivity contribution is 8.16. The summed E-state index contributed by atoms with van der Waals surface area (Å²) in [5, 5.41) is 5.63. The number of benzene rings is 2. The molecule has 2 aromatic rings. The lowest BCUT2D eigenvalue weighted by molar-refractivity contribution is -0.139. The highest BCUT2D eigenvalue weighted by Gasteiger charge is 2.43. The summed E-state index contributed by atoms with van der Waals surface area (Å²) in [7, 11) is 3.17. The fraction of sp³-hybridized carbons (Fsp3) is 0.345. The van der Waals surface area contributed by atoms with E-state index < -0.39 is 12.0 Å². The van der Waals surface area contributed by atoms with Gasteiger partial charge in [0, 0.05) is 28.9 Å². The van der Waals surface area contributed by atoms with Gasteiger partial charge in [0.2, 0.25) is 5.91 Å². The van der Waals surface area contributed by atoms with Crippen molar-refractivity contribution in [3.05, 3.63) is 76.3 Å². The maximum absolute atomic E-state index is 13.6. The molecule has 4 rings (SSSR count). The first kappa shape index (κ1) is 27.3. The number of hydrogen-bond donors (Lipinski definition) is 1. The molecule has 0 saturated heterocycles. The van der Waals surface area contributed by atoms with Crippen LogP contribution in [-0.4, -0.2) is 48.8 Å². The van der Waals surface area contributed by atoms with Crippen LogP contribution < -0.4 is 14.8 Å². The fourth-order valence-corrected chi connectivity index (χ4v) is 5.34. The first-order chi connectivity index (χ1) is 18.4. The molecule has 0 fully saturated rings. The van der Waals surface area contributed by atoms with Gasteiger partial charge in [-0.3, -0.25) is 4.79 Å². The number of amides is 1. The van der Waals surface area contributed by atoms with E-state index in [4.69, 9.17) is 19.2 Å². The summed E-state index contributed by atoms with van der Waals surface area (Å²) in [5.41, 5.74) is 3.17. The van der Waals surface area contributed by atoms with E-state index >= 15 is 0 Å². The summed E-state index contributed by atoms with van der Waals surface area (Å²) in [6, 6.07) is 14.5. The molecular weight excluding hydrogens is 502 g/mol. The Balaban J connectivity index is 1.90. The van der Waals surface area contributed by atoms with Gasteiger partial charge >= 0.3 is 5.97 Å². The minimum atomic E-state index is -0.643. The van der Waals surface area contributed by atoms with Crippen molar-refractivity contribution in [2.75, 3.05) is 20.8 Å². The number of rotatable bonds is 10. The van der Waals surface area contributed by atoms with Gasteiger partial charge in [-0.2, -0.15) is 0 Å². The maximum Gasteiger partial charge on any atom is 0.338 e.